The molecule has 3 rings (SSSR count). The summed E-state index contributed by atoms with van der Waals surface area (Å²) in [5.74, 6) is 1.29. The van der Waals surface area contributed by atoms with Crippen LogP contribution >= 0.6 is 0 Å². The molecule has 0 radical (unpaired) electrons. The van der Waals surface area contributed by atoms with Crippen molar-refractivity contribution in [2.45, 2.75) is 43.4 Å². The fourth-order valence-corrected chi connectivity index (χ4v) is 5.06. The Morgan fingerprint density at radius 3 is 2.52 bits per heavy atom. The topological polar surface area (TPSA) is 72.9 Å². The number of unbranched alkanes of at least 4 members (excludes halogenated alkanes) is 1. The van der Waals surface area contributed by atoms with E-state index < -0.39 is 10.0 Å². The van der Waals surface area contributed by atoms with Crippen LogP contribution in [-0.2, 0) is 14.8 Å². The highest BCUT2D eigenvalue weighted by molar-refractivity contribution is 7.92. The average Bonchev–Trinajstić information content (AvgIpc) is 3.11. The molecule has 0 aromatic heterocycles. The highest BCUT2D eigenvalue weighted by Crippen LogP contribution is 2.43. The number of fused-ring (bicyclic) bond motifs is 1. The zero-order chi connectivity index (χ0) is 20.9. The molecule has 0 saturated heterocycles. The second-order valence-electron chi connectivity index (χ2n) is 7.08. The highest BCUT2D eigenvalue weighted by Gasteiger charge is 2.36. The molecule has 0 N–H and O–H groups in total. The van der Waals surface area contributed by atoms with Crippen LogP contribution in [0.5, 0.6) is 11.5 Å². The second-order valence-corrected chi connectivity index (χ2v) is 8.94. The van der Waals surface area contributed by atoms with Crippen molar-refractivity contribution in [3.05, 3.63) is 48.0 Å². The predicted molar refractivity (Wildman–Crippen MR) is 112 cm³/mol. The number of hydrogen-bond acceptors (Lipinski definition) is 5. The van der Waals surface area contributed by atoms with Gasteiger partial charge in [-0.15, -0.1) is 0 Å². The molecule has 156 valence electrons. The van der Waals surface area contributed by atoms with Gasteiger partial charge >= 0.3 is 0 Å². The third-order valence-corrected chi connectivity index (χ3v) is 6.93. The SMILES string of the molecule is CCCCOc1ccc(S(=O)(=O)N2CC(CCC=O)c3cc(OC)ccc32)cc1. The minimum Gasteiger partial charge on any atom is -0.497 e. The molecular formula is C22H27NO5S. The number of rotatable bonds is 10. The maximum atomic E-state index is 13.3. The van der Waals surface area contributed by atoms with E-state index >= 15 is 0 Å². The Balaban J connectivity index is 1.88. The van der Waals surface area contributed by atoms with Crippen molar-refractivity contribution < 1.29 is 22.7 Å². The number of carbonyl (C=O) groups is 1. The van der Waals surface area contributed by atoms with Crippen LogP contribution in [0.1, 0.15) is 44.1 Å². The largest absolute Gasteiger partial charge is 0.497 e. The quantitative estimate of drug-likeness (QED) is 0.429. The lowest BCUT2D eigenvalue weighted by atomic mass is 9.96. The first-order valence-electron chi connectivity index (χ1n) is 9.88. The number of sulfonamides is 1. The summed E-state index contributed by atoms with van der Waals surface area (Å²) < 4.78 is 39.0. The molecule has 7 heteroatoms. The van der Waals surface area contributed by atoms with E-state index in [0.717, 1.165) is 24.7 Å². The van der Waals surface area contributed by atoms with Gasteiger partial charge in [-0.1, -0.05) is 13.3 Å². The molecule has 6 nitrogen and oxygen atoms in total. The molecule has 1 atom stereocenters. The van der Waals surface area contributed by atoms with Crippen LogP contribution < -0.4 is 13.8 Å². The third-order valence-electron chi connectivity index (χ3n) is 5.14. The normalized spacial score (nSPS) is 15.8. The Bertz CT molecular complexity index is 940. The molecule has 2 aromatic rings. The number of methoxy groups -OCH3 is 1. The van der Waals surface area contributed by atoms with E-state index in [0.29, 0.717) is 43.2 Å². The van der Waals surface area contributed by atoms with Crippen LogP contribution in [-0.4, -0.2) is 35.0 Å². The molecular weight excluding hydrogens is 390 g/mol. The summed E-state index contributed by atoms with van der Waals surface area (Å²) in [7, 11) is -2.14. The number of nitrogens with zero attached hydrogens (tertiary/aromatic N) is 1. The molecule has 0 amide bonds. The molecule has 0 saturated carbocycles. The first kappa shape index (κ1) is 21.2. The van der Waals surface area contributed by atoms with Gasteiger partial charge in [-0.05, 0) is 60.9 Å². The van der Waals surface area contributed by atoms with Crippen molar-refractivity contribution in [2.24, 2.45) is 0 Å². The first-order valence-corrected chi connectivity index (χ1v) is 11.3. The van der Waals surface area contributed by atoms with Gasteiger partial charge in [0.25, 0.3) is 10.0 Å². The van der Waals surface area contributed by atoms with Gasteiger partial charge in [0.15, 0.2) is 0 Å². The van der Waals surface area contributed by atoms with Crippen molar-refractivity contribution in [1.29, 1.82) is 0 Å². The summed E-state index contributed by atoms with van der Waals surface area (Å²) in [4.78, 5) is 11.1. The van der Waals surface area contributed by atoms with E-state index in [-0.39, 0.29) is 10.8 Å². The molecule has 1 aliphatic rings. The first-order chi connectivity index (χ1) is 14.0. The Hall–Kier alpha value is -2.54. The van der Waals surface area contributed by atoms with E-state index in [9.17, 15) is 13.2 Å². The van der Waals surface area contributed by atoms with E-state index in [2.05, 4.69) is 6.92 Å². The number of benzene rings is 2. The second kappa shape index (κ2) is 9.31. The van der Waals surface area contributed by atoms with Crippen LogP contribution in [0.15, 0.2) is 47.4 Å². The average molecular weight is 418 g/mol. The standard InChI is InChI=1S/C22H27NO5S/c1-3-4-14-28-18-7-10-20(11-8-18)29(25,26)23-16-17(6-5-13-24)21-15-19(27-2)9-12-22(21)23/h7-13,15,17H,3-6,14,16H2,1-2H3. The molecule has 1 unspecified atom stereocenters. The zero-order valence-corrected chi connectivity index (χ0v) is 17.7. The van der Waals surface area contributed by atoms with Crippen LogP contribution in [0.2, 0.25) is 0 Å². The summed E-state index contributed by atoms with van der Waals surface area (Å²) in [6.45, 7) is 3.01. The lowest BCUT2D eigenvalue weighted by molar-refractivity contribution is -0.108. The van der Waals surface area contributed by atoms with E-state index in [1.807, 2.05) is 6.07 Å². The zero-order valence-electron chi connectivity index (χ0n) is 16.8. The van der Waals surface area contributed by atoms with Gasteiger partial charge in [-0.25, -0.2) is 8.42 Å². The Kier molecular flexibility index (Phi) is 6.79. The van der Waals surface area contributed by atoms with Gasteiger partial charge in [0.2, 0.25) is 0 Å². The summed E-state index contributed by atoms with van der Waals surface area (Å²) >= 11 is 0. The van der Waals surface area contributed by atoms with Crippen molar-refractivity contribution in [3.63, 3.8) is 0 Å². The molecule has 1 heterocycles. The minimum atomic E-state index is -3.72. The number of carbonyl (C=O) groups excluding carboxylic acids is 1. The Morgan fingerprint density at radius 2 is 1.86 bits per heavy atom. The van der Waals surface area contributed by atoms with Crippen molar-refractivity contribution in [2.75, 3.05) is 24.6 Å². The number of ether oxygens (including phenoxy) is 2. The van der Waals surface area contributed by atoms with Gasteiger partial charge < -0.3 is 14.3 Å². The maximum absolute atomic E-state index is 13.3. The Labute approximate surface area is 172 Å². The Morgan fingerprint density at radius 1 is 1.14 bits per heavy atom. The lowest BCUT2D eigenvalue weighted by Gasteiger charge is -2.20. The van der Waals surface area contributed by atoms with Crippen LogP contribution in [0.3, 0.4) is 0 Å². The number of anilines is 1. The predicted octanol–water partition coefficient (Wildman–Crippen LogP) is 4.15. The smallest absolute Gasteiger partial charge is 0.264 e. The van der Waals surface area contributed by atoms with Crippen molar-refractivity contribution >= 4 is 22.0 Å². The monoisotopic (exact) mass is 417 g/mol. The molecule has 0 aliphatic carbocycles. The molecule has 0 spiro atoms. The fraction of sp³-hybridized carbons (Fsp3) is 0.409. The van der Waals surface area contributed by atoms with Gasteiger partial charge in [0.1, 0.15) is 17.8 Å². The molecule has 0 bridgehead atoms. The van der Waals surface area contributed by atoms with Gasteiger partial charge in [-0.3, -0.25) is 4.31 Å². The van der Waals surface area contributed by atoms with Crippen molar-refractivity contribution in [3.8, 4) is 11.5 Å². The molecule has 29 heavy (non-hydrogen) atoms. The molecule has 1 aliphatic heterocycles. The third kappa shape index (κ3) is 4.56. The van der Waals surface area contributed by atoms with Crippen LogP contribution in [0.4, 0.5) is 5.69 Å². The van der Waals surface area contributed by atoms with Gasteiger partial charge in [-0.2, -0.15) is 0 Å². The summed E-state index contributed by atoms with van der Waals surface area (Å²) in [6, 6.07) is 11.9. The van der Waals surface area contributed by atoms with Crippen LogP contribution in [0.25, 0.3) is 0 Å². The molecule has 0 fully saturated rings. The van der Waals surface area contributed by atoms with E-state index in [1.165, 1.54) is 4.31 Å². The summed E-state index contributed by atoms with van der Waals surface area (Å²) in [5, 5.41) is 0. The summed E-state index contributed by atoms with van der Waals surface area (Å²) in [6.07, 6.45) is 3.85. The number of aldehydes is 1. The van der Waals surface area contributed by atoms with Crippen LogP contribution in [0, 0.1) is 0 Å². The molecule has 2 aromatic carbocycles. The van der Waals surface area contributed by atoms with Gasteiger partial charge in [0.05, 0.1) is 24.3 Å². The highest BCUT2D eigenvalue weighted by atomic mass is 32.2. The van der Waals surface area contributed by atoms with E-state index in [1.54, 1.807) is 43.5 Å². The number of hydrogen-bond donors (Lipinski definition) is 0. The lowest BCUT2D eigenvalue weighted by Crippen LogP contribution is -2.30. The van der Waals surface area contributed by atoms with E-state index in [4.69, 9.17) is 9.47 Å². The minimum absolute atomic E-state index is 0.0447. The maximum Gasteiger partial charge on any atom is 0.264 e. The van der Waals surface area contributed by atoms with Crippen molar-refractivity contribution in [1.82, 2.24) is 0 Å². The summed E-state index contributed by atoms with van der Waals surface area (Å²) in [5.41, 5.74) is 1.54. The fourth-order valence-electron chi connectivity index (χ4n) is 3.52. The van der Waals surface area contributed by atoms with Gasteiger partial charge in [0, 0.05) is 18.9 Å².